The first-order valence-corrected chi connectivity index (χ1v) is 16.6. The Bertz CT molecular complexity index is 850. The van der Waals surface area contributed by atoms with Crippen LogP contribution in [0.15, 0.2) is 11.6 Å². The first-order chi connectivity index (χ1) is 19.4. The van der Waals surface area contributed by atoms with Gasteiger partial charge in [-0.15, -0.1) is 11.3 Å². The average molecular weight is 580 g/mol. The molecule has 8 nitrogen and oxygen atoms in total. The monoisotopic (exact) mass is 579 g/mol. The lowest BCUT2D eigenvalue weighted by molar-refractivity contribution is -0.164. The molecule has 2 rings (SSSR count). The minimum absolute atomic E-state index is 0.00259. The zero-order chi connectivity index (χ0) is 29.2. The van der Waals surface area contributed by atoms with Gasteiger partial charge in [0.05, 0.1) is 11.1 Å². The van der Waals surface area contributed by atoms with Crippen LogP contribution in [0.25, 0.3) is 0 Å². The van der Waals surface area contributed by atoms with Gasteiger partial charge >= 0.3 is 12.0 Å². The number of hydrogen-bond acceptors (Lipinski definition) is 7. The molecule has 0 spiro atoms. The minimum Gasteiger partial charge on any atom is -0.460 e. The molecule has 1 aromatic heterocycles. The zero-order valence-electron chi connectivity index (χ0n) is 25.4. The Hall–Kier alpha value is -2.00. The smallest absolute Gasteiger partial charge is 0.329 e. The van der Waals surface area contributed by atoms with E-state index >= 15 is 0 Å². The van der Waals surface area contributed by atoms with Gasteiger partial charge in [-0.05, 0) is 19.8 Å². The lowest BCUT2D eigenvalue weighted by Crippen LogP contribution is -2.45. The van der Waals surface area contributed by atoms with Gasteiger partial charge in [-0.1, -0.05) is 97.3 Å². The van der Waals surface area contributed by atoms with Gasteiger partial charge in [0, 0.05) is 31.5 Å². The van der Waals surface area contributed by atoms with E-state index in [1.54, 1.807) is 6.20 Å². The average Bonchev–Trinajstić information content (AvgIpc) is 3.54. The highest BCUT2D eigenvalue weighted by Crippen LogP contribution is 2.23. The number of hydrogen-bond donors (Lipinski definition) is 0. The Morgan fingerprint density at radius 2 is 1.57 bits per heavy atom. The van der Waals surface area contributed by atoms with Crippen molar-refractivity contribution in [1.82, 2.24) is 14.8 Å². The molecule has 40 heavy (non-hydrogen) atoms. The SMILES string of the molecule is CCCCCCCCCCCCCCCC(OC(CC)N1CC(=O)N(CCc2nccs2)C1=O)C(C)OC(C)=O. The molecule has 1 aliphatic rings. The number of urea groups is 1. The number of amides is 3. The molecule has 1 saturated heterocycles. The standard InChI is InChI=1S/C31H53N3O5S/c1-5-7-8-9-10-11-12-13-14-15-16-17-18-19-27(25(3)38-26(4)35)39-30(6-2)34-24-29(36)33(31(34)37)22-20-28-32-21-23-40-28/h21,23,25,27,30H,5-20,22,24H2,1-4H3. The van der Waals surface area contributed by atoms with Crippen LogP contribution in [0.4, 0.5) is 4.79 Å². The fourth-order valence-electron chi connectivity index (χ4n) is 5.30. The molecule has 0 bridgehead atoms. The second-order valence-corrected chi connectivity index (χ2v) is 12.0. The van der Waals surface area contributed by atoms with Crippen molar-refractivity contribution in [3.63, 3.8) is 0 Å². The van der Waals surface area contributed by atoms with Gasteiger partial charge in [0.2, 0.25) is 5.91 Å². The third-order valence-electron chi connectivity index (χ3n) is 7.61. The van der Waals surface area contributed by atoms with Crippen molar-refractivity contribution in [2.45, 2.75) is 149 Å². The molecule has 3 unspecified atom stereocenters. The van der Waals surface area contributed by atoms with Crippen LogP contribution in [0.1, 0.15) is 129 Å². The quantitative estimate of drug-likeness (QED) is 0.0757. The normalized spacial score (nSPS) is 16.0. The first-order valence-electron chi connectivity index (χ1n) is 15.7. The van der Waals surface area contributed by atoms with Crippen molar-refractivity contribution in [3.8, 4) is 0 Å². The number of imide groups is 1. The molecular weight excluding hydrogens is 526 g/mol. The van der Waals surface area contributed by atoms with Gasteiger partial charge < -0.3 is 9.47 Å². The maximum atomic E-state index is 13.1. The van der Waals surface area contributed by atoms with Crippen molar-refractivity contribution in [1.29, 1.82) is 0 Å². The lowest BCUT2D eigenvalue weighted by atomic mass is 10.0. The van der Waals surface area contributed by atoms with Gasteiger partial charge in [-0.2, -0.15) is 0 Å². The summed E-state index contributed by atoms with van der Waals surface area (Å²) >= 11 is 1.52. The van der Waals surface area contributed by atoms with Crippen molar-refractivity contribution in [2.75, 3.05) is 13.1 Å². The van der Waals surface area contributed by atoms with Crippen molar-refractivity contribution in [3.05, 3.63) is 16.6 Å². The summed E-state index contributed by atoms with van der Waals surface area (Å²) in [5.41, 5.74) is 0. The Morgan fingerprint density at radius 1 is 0.975 bits per heavy atom. The van der Waals surface area contributed by atoms with Crippen LogP contribution >= 0.6 is 11.3 Å². The largest absolute Gasteiger partial charge is 0.460 e. The zero-order valence-corrected chi connectivity index (χ0v) is 26.2. The number of carbonyl (C=O) groups excluding carboxylic acids is 3. The Balaban J connectivity index is 1.76. The van der Waals surface area contributed by atoms with Gasteiger partial charge in [0.1, 0.15) is 18.9 Å². The summed E-state index contributed by atoms with van der Waals surface area (Å²) in [5, 5.41) is 2.79. The highest BCUT2D eigenvalue weighted by Gasteiger charge is 2.40. The summed E-state index contributed by atoms with van der Waals surface area (Å²) in [5.74, 6) is -0.565. The molecule has 0 radical (unpaired) electrons. The molecule has 1 fully saturated rings. The Kier molecular flexibility index (Phi) is 17.1. The van der Waals surface area contributed by atoms with Gasteiger partial charge in [0.25, 0.3) is 0 Å². The second-order valence-electron chi connectivity index (χ2n) is 11.0. The number of aromatic nitrogens is 1. The van der Waals surface area contributed by atoms with E-state index in [0.717, 1.165) is 24.3 Å². The maximum absolute atomic E-state index is 13.1. The molecule has 3 amide bonds. The molecule has 9 heteroatoms. The van der Waals surface area contributed by atoms with E-state index in [1.807, 2.05) is 19.2 Å². The van der Waals surface area contributed by atoms with Crippen LogP contribution < -0.4 is 0 Å². The molecule has 2 heterocycles. The Labute approximate surface area is 246 Å². The number of esters is 1. The van der Waals surface area contributed by atoms with Crippen LogP contribution in [-0.2, 0) is 25.5 Å². The summed E-state index contributed by atoms with van der Waals surface area (Å²) in [4.78, 5) is 44.5. The predicted octanol–water partition coefficient (Wildman–Crippen LogP) is 7.50. The summed E-state index contributed by atoms with van der Waals surface area (Å²) in [7, 11) is 0. The van der Waals surface area contributed by atoms with Crippen LogP contribution in [0, 0.1) is 0 Å². The fraction of sp³-hybridized carbons (Fsp3) is 0.806. The number of carbonyl (C=O) groups is 3. The van der Waals surface area contributed by atoms with Crippen LogP contribution in [0.3, 0.4) is 0 Å². The Morgan fingerprint density at radius 3 is 2.10 bits per heavy atom. The first kappa shape index (κ1) is 34.2. The highest BCUT2D eigenvalue weighted by atomic mass is 32.1. The highest BCUT2D eigenvalue weighted by molar-refractivity contribution is 7.09. The second kappa shape index (κ2) is 20.0. The molecule has 1 aromatic rings. The van der Waals surface area contributed by atoms with Gasteiger partial charge in [-0.25, -0.2) is 9.78 Å². The van der Waals surface area contributed by atoms with Crippen molar-refractivity contribution in [2.24, 2.45) is 0 Å². The molecular formula is C31H53N3O5S. The van der Waals surface area contributed by atoms with E-state index in [4.69, 9.17) is 9.47 Å². The van der Waals surface area contributed by atoms with E-state index in [1.165, 1.54) is 98.7 Å². The number of rotatable bonds is 23. The fourth-order valence-corrected chi connectivity index (χ4v) is 5.91. The van der Waals surface area contributed by atoms with E-state index in [-0.39, 0.29) is 30.6 Å². The number of ether oxygens (including phenoxy) is 2. The summed E-state index contributed by atoms with van der Waals surface area (Å²) in [6.07, 6.45) is 18.9. The third kappa shape index (κ3) is 12.7. The summed E-state index contributed by atoms with van der Waals surface area (Å²) in [6, 6.07) is -0.326. The summed E-state index contributed by atoms with van der Waals surface area (Å²) < 4.78 is 11.9. The van der Waals surface area contributed by atoms with Crippen LogP contribution in [0.2, 0.25) is 0 Å². The van der Waals surface area contributed by atoms with E-state index < -0.39 is 12.3 Å². The molecule has 3 atom stereocenters. The van der Waals surface area contributed by atoms with E-state index in [2.05, 4.69) is 11.9 Å². The van der Waals surface area contributed by atoms with Crippen LogP contribution in [-0.4, -0.2) is 64.2 Å². The van der Waals surface area contributed by atoms with E-state index in [9.17, 15) is 14.4 Å². The molecule has 0 N–H and O–H groups in total. The molecule has 1 aliphatic heterocycles. The number of nitrogens with zero attached hydrogens (tertiary/aromatic N) is 3. The van der Waals surface area contributed by atoms with E-state index in [0.29, 0.717) is 19.4 Å². The molecule has 228 valence electrons. The van der Waals surface area contributed by atoms with Gasteiger partial charge in [0.15, 0.2) is 0 Å². The molecule has 0 aliphatic carbocycles. The lowest BCUT2D eigenvalue weighted by Gasteiger charge is -2.32. The molecule has 0 saturated carbocycles. The third-order valence-corrected chi connectivity index (χ3v) is 8.45. The van der Waals surface area contributed by atoms with Crippen molar-refractivity contribution >= 4 is 29.2 Å². The van der Waals surface area contributed by atoms with Crippen molar-refractivity contribution < 1.29 is 23.9 Å². The maximum Gasteiger partial charge on any atom is 0.329 e. The topological polar surface area (TPSA) is 89.0 Å². The molecule has 0 aromatic carbocycles. The minimum atomic E-state index is -0.550. The van der Waals surface area contributed by atoms with Crippen LogP contribution in [0.5, 0.6) is 0 Å². The summed E-state index contributed by atoms with van der Waals surface area (Å²) in [6.45, 7) is 7.76. The predicted molar refractivity (Wildman–Crippen MR) is 160 cm³/mol. The van der Waals surface area contributed by atoms with Gasteiger partial charge in [-0.3, -0.25) is 19.4 Å². The number of unbranched alkanes of at least 4 members (excludes halogenated alkanes) is 12. The number of thiazole rings is 1.